The summed E-state index contributed by atoms with van der Waals surface area (Å²) >= 11 is 0. The van der Waals surface area contributed by atoms with Gasteiger partial charge in [-0.25, -0.2) is 0 Å². The molecular weight excluding hydrogens is 200 g/mol. The highest BCUT2D eigenvalue weighted by atomic mass is 16.2. The predicted molar refractivity (Wildman–Crippen MR) is 65.2 cm³/mol. The molecule has 1 saturated carbocycles. The quantitative estimate of drug-likeness (QED) is 0.746. The van der Waals surface area contributed by atoms with Crippen molar-refractivity contribution in [2.45, 2.75) is 45.4 Å². The Hall–Kier alpha value is -0.570. The minimum atomic E-state index is -0.0987. The predicted octanol–water partition coefficient (Wildman–Crippen LogP) is 1.68. The number of carbonyl (C=O) groups is 1. The summed E-state index contributed by atoms with van der Waals surface area (Å²) in [4.78, 5) is 12.3. The van der Waals surface area contributed by atoms with E-state index in [0.717, 1.165) is 44.8 Å². The van der Waals surface area contributed by atoms with Gasteiger partial charge in [0.25, 0.3) is 0 Å². The van der Waals surface area contributed by atoms with Gasteiger partial charge in [-0.05, 0) is 38.1 Å². The molecule has 2 fully saturated rings. The summed E-state index contributed by atoms with van der Waals surface area (Å²) < 4.78 is 0. The van der Waals surface area contributed by atoms with E-state index < -0.39 is 0 Å². The van der Waals surface area contributed by atoms with Gasteiger partial charge in [-0.15, -0.1) is 0 Å². The summed E-state index contributed by atoms with van der Waals surface area (Å²) in [6, 6.07) is 0. The highest BCUT2D eigenvalue weighted by Crippen LogP contribution is 2.32. The Labute approximate surface area is 98.4 Å². The largest absolute Gasteiger partial charge is 0.355 e. The van der Waals surface area contributed by atoms with Gasteiger partial charge in [-0.2, -0.15) is 0 Å². The molecule has 16 heavy (non-hydrogen) atoms. The highest BCUT2D eigenvalue weighted by Gasteiger charge is 2.40. The van der Waals surface area contributed by atoms with Crippen LogP contribution in [-0.4, -0.2) is 25.5 Å². The molecule has 0 aromatic heterocycles. The molecule has 0 bridgehead atoms. The fourth-order valence-electron chi connectivity index (χ4n) is 2.86. The number of carbonyl (C=O) groups excluding carboxylic acids is 1. The normalized spacial score (nSPS) is 30.1. The average Bonchev–Trinajstić information content (AvgIpc) is 2.65. The Bertz CT molecular complexity index is 242. The lowest BCUT2D eigenvalue weighted by Crippen LogP contribution is -2.44. The first-order chi connectivity index (χ1) is 7.77. The second-order valence-corrected chi connectivity index (χ2v) is 5.46. The second-order valence-electron chi connectivity index (χ2n) is 5.46. The van der Waals surface area contributed by atoms with Crippen LogP contribution in [0.5, 0.6) is 0 Å². The molecule has 92 valence electrons. The first-order valence-corrected chi connectivity index (χ1v) is 6.76. The summed E-state index contributed by atoms with van der Waals surface area (Å²) in [6.07, 6.45) is 7.09. The minimum Gasteiger partial charge on any atom is -0.355 e. The third kappa shape index (κ3) is 2.40. The fourth-order valence-corrected chi connectivity index (χ4v) is 2.86. The Morgan fingerprint density at radius 1 is 1.50 bits per heavy atom. The Morgan fingerprint density at radius 3 is 2.81 bits per heavy atom. The summed E-state index contributed by atoms with van der Waals surface area (Å²) in [6.45, 7) is 4.94. The molecule has 3 heteroatoms. The molecule has 1 saturated heterocycles. The van der Waals surface area contributed by atoms with Crippen molar-refractivity contribution in [3.05, 3.63) is 0 Å². The number of amides is 1. The maximum Gasteiger partial charge on any atom is 0.227 e. The first kappa shape index (κ1) is 11.9. The third-order valence-electron chi connectivity index (χ3n) is 4.23. The molecule has 2 aliphatic rings. The standard InChI is InChI=1S/C13H24N2O/c1-2-6-13(7-8-14-10-13)12(16)15-9-11-4-3-5-11/h11,14H,2-10H2,1H3,(H,15,16). The molecule has 1 amide bonds. The van der Waals surface area contributed by atoms with Gasteiger partial charge in [0.1, 0.15) is 0 Å². The third-order valence-corrected chi connectivity index (χ3v) is 4.23. The summed E-state index contributed by atoms with van der Waals surface area (Å²) in [7, 11) is 0. The van der Waals surface area contributed by atoms with E-state index in [9.17, 15) is 4.79 Å². The fraction of sp³-hybridized carbons (Fsp3) is 0.923. The Kier molecular flexibility index (Phi) is 3.85. The van der Waals surface area contributed by atoms with Crippen LogP contribution in [0.15, 0.2) is 0 Å². The molecule has 1 heterocycles. The summed E-state index contributed by atoms with van der Waals surface area (Å²) in [5.41, 5.74) is -0.0987. The van der Waals surface area contributed by atoms with Crippen molar-refractivity contribution in [2.24, 2.45) is 11.3 Å². The van der Waals surface area contributed by atoms with Crippen LogP contribution in [0, 0.1) is 11.3 Å². The molecule has 0 radical (unpaired) electrons. The van der Waals surface area contributed by atoms with Gasteiger partial charge >= 0.3 is 0 Å². The zero-order valence-corrected chi connectivity index (χ0v) is 10.3. The zero-order chi connectivity index (χ0) is 11.4. The molecule has 1 aliphatic heterocycles. The van der Waals surface area contributed by atoms with Crippen molar-refractivity contribution in [2.75, 3.05) is 19.6 Å². The lowest BCUT2D eigenvalue weighted by Gasteiger charge is -2.30. The van der Waals surface area contributed by atoms with Crippen molar-refractivity contribution < 1.29 is 4.79 Å². The van der Waals surface area contributed by atoms with Gasteiger partial charge in [0.2, 0.25) is 5.91 Å². The molecule has 0 spiro atoms. The van der Waals surface area contributed by atoms with E-state index in [2.05, 4.69) is 17.6 Å². The SMILES string of the molecule is CCCC1(C(=O)NCC2CCC2)CCNC1. The van der Waals surface area contributed by atoms with Crippen LogP contribution in [0.4, 0.5) is 0 Å². The highest BCUT2D eigenvalue weighted by molar-refractivity contribution is 5.83. The van der Waals surface area contributed by atoms with Crippen LogP contribution < -0.4 is 10.6 Å². The van der Waals surface area contributed by atoms with Gasteiger partial charge in [-0.1, -0.05) is 19.8 Å². The van der Waals surface area contributed by atoms with E-state index >= 15 is 0 Å². The maximum absolute atomic E-state index is 12.3. The molecule has 1 unspecified atom stereocenters. The van der Waals surface area contributed by atoms with Crippen molar-refractivity contribution in [3.8, 4) is 0 Å². The van der Waals surface area contributed by atoms with E-state index in [-0.39, 0.29) is 5.41 Å². The van der Waals surface area contributed by atoms with Crippen molar-refractivity contribution in [3.63, 3.8) is 0 Å². The van der Waals surface area contributed by atoms with Crippen molar-refractivity contribution in [1.29, 1.82) is 0 Å². The molecule has 2 N–H and O–H groups in total. The van der Waals surface area contributed by atoms with Crippen LogP contribution in [0.3, 0.4) is 0 Å². The number of hydrogen-bond donors (Lipinski definition) is 2. The summed E-state index contributed by atoms with van der Waals surface area (Å²) in [5.74, 6) is 1.06. The lowest BCUT2D eigenvalue weighted by atomic mass is 9.80. The number of rotatable bonds is 5. The number of hydrogen-bond acceptors (Lipinski definition) is 2. The molecule has 2 rings (SSSR count). The van der Waals surface area contributed by atoms with Crippen LogP contribution in [-0.2, 0) is 4.79 Å². The van der Waals surface area contributed by atoms with Crippen LogP contribution in [0.25, 0.3) is 0 Å². The van der Waals surface area contributed by atoms with Crippen molar-refractivity contribution >= 4 is 5.91 Å². The molecular formula is C13H24N2O. The monoisotopic (exact) mass is 224 g/mol. The van der Waals surface area contributed by atoms with E-state index in [1.807, 2.05) is 0 Å². The van der Waals surface area contributed by atoms with Crippen LogP contribution >= 0.6 is 0 Å². The Balaban J connectivity index is 1.83. The van der Waals surface area contributed by atoms with E-state index in [1.165, 1.54) is 19.3 Å². The van der Waals surface area contributed by atoms with E-state index in [0.29, 0.717) is 5.91 Å². The lowest BCUT2D eigenvalue weighted by molar-refractivity contribution is -0.130. The van der Waals surface area contributed by atoms with Gasteiger partial charge in [0, 0.05) is 13.1 Å². The van der Waals surface area contributed by atoms with Crippen LogP contribution in [0.2, 0.25) is 0 Å². The second kappa shape index (κ2) is 5.17. The van der Waals surface area contributed by atoms with Gasteiger partial charge in [0.15, 0.2) is 0 Å². The van der Waals surface area contributed by atoms with E-state index in [4.69, 9.17) is 0 Å². The molecule has 0 aromatic carbocycles. The van der Waals surface area contributed by atoms with Crippen molar-refractivity contribution in [1.82, 2.24) is 10.6 Å². The summed E-state index contributed by atoms with van der Waals surface area (Å²) in [5, 5.41) is 6.51. The molecule has 3 nitrogen and oxygen atoms in total. The topological polar surface area (TPSA) is 41.1 Å². The molecule has 1 aliphatic carbocycles. The minimum absolute atomic E-state index is 0.0987. The van der Waals surface area contributed by atoms with Gasteiger partial charge in [-0.3, -0.25) is 4.79 Å². The average molecular weight is 224 g/mol. The van der Waals surface area contributed by atoms with Gasteiger partial charge < -0.3 is 10.6 Å². The molecule has 1 atom stereocenters. The maximum atomic E-state index is 12.3. The van der Waals surface area contributed by atoms with Crippen LogP contribution in [0.1, 0.15) is 45.4 Å². The molecule has 0 aromatic rings. The first-order valence-electron chi connectivity index (χ1n) is 6.76. The Morgan fingerprint density at radius 2 is 2.31 bits per heavy atom. The van der Waals surface area contributed by atoms with E-state index in [1.54, 1.807) is 0 Å². The number of nitrogens with one attached hydrogen (secondary N) is 2. The smallest absolute Gasteiger partial charge is 0.227 e. The van der Waals surface area contributed by atoms with Gasteiger partial charge in [0.05, 0.1) is 5.41 Å². The zero-order valence-electron chi connectivity index (χ0n) is 10.3.